The zero-order chi connectivity index (χ0) is 38.2. The number of nitrogens with one attached hydrogen (secondary N) is 3. The molecule has 11 nitrogen and oxygen atoms in total. The van der Waals surface area contributed by atoms with Crippen LogP contribution in [-0.4, -0.2) is 41.3 Å². The molecule has 2 unspecified atom stereocenters. The molecule has 4 aromatic rings. The van der Waals surface area contributed by atoms with E-state index in [9.17, 15) is 28.4 Å². The molecule has 1 amide bonds. The smallest absolute Gasteiger partial charge is 0.478 e. The highest BCUT2D eigenvalue weighted by Gasteiger charge is 2.33. The van der Waals surface area contributed by atoms with Crippen molar-refractivity contribution in [3.05, 3.63) is 130 Å². The molecule has 8 N–H and O–H groups in total. The summed E-state index contributed by atoms with van der Waals surface area (Å²) >= 11 is 0. The van der Waals surface area contributed by atoms with Crippen molar-refractivity contribution in [1.82, 2.24) is 16.3 Å². The standard InChI is InChI=1S/C18H20BFN2O3.C11H18N2.C8H6BFO4.ClH/c1-11(2)17(12-6-4-3-5-7-12)21-22-18(23)13-8-9-15-14(16(13)20)10-25-19(15)24;1-11(2,3)10(13-12)9-7-5-4-6-8-9;10-7-4(8(11)12)1-2-6-5(7)3-14-9(6)13;/h3-9,11,17,21,24H,10H2,1-2H3,(H,22,23);4-8,10,13H,12H2,1-3H3;1-2,13H,3H2,(H,11,12);1H. The summed E-state index contributed by atoms with van der Waals surface area (Å²) in [5.74, 6) is 2.38. The van der Waals surface area contributed by atoms with Gasteiger partial charge in [0.25, 0.3) is 5.91 Å². The number of benzene rings is 4. The Morgan fingerprint density at radius 2 is 1.23 bits per heavy atom. The second-order valence-electron chi connectivity index (χ2n) is 13.7. The van der Waals surface area contributed by atoms with E-state index in [1.807, 2.05) is 62.4 Å². The fourth-order valence-electron chi connectivity index (χ4n) is 5.87. The molecular formula is C37H45B2ClF2N4O7. The van der Waals surface area contributed by atoms with Crippen molar-refractivity contribution in [3.63, 3.8) is 0 Å². The first-order valence-electron chi connectivity index (χ1n) is 16.7. The van der Waals surface area contributed by atoms with Crippen molar-refractivity contribution in [2.45, 2.75) is 59.9 Å². The molecular weight excluding hydrogens is 708 g/mol. The third-order valence-corrected chi connectivity index (χ3v) is 8.67. The number of hydrogen-bond donors (Lipinski definition) is 7. The van der Waals surface area contributed by atoms with Crippen LogP contribution in [0.1, 0.15) is 89.7 Å². The highest BCUT2D eigenvalue weighted by molar-refractivity contribution is 6.62. The van der Waals surface area contributed by atoms with Gasteiger partial charge >= 0.3 is 20.2 Å². The fourth-order valence-corrected chi connectivity index (χ4v) is 5.87. The largest absolute Gasteiger partial charge is 0.491 e. The van der Waals surface area contributed by atoms with E-state index in [4.69, 9.17) is 20.3 Å². The van der Waals surface area contributed by atoms with Crippen LogP contribution in [0.4, 0.5) is 8.78 Å². The van der Waals surface area contributed by atoms with Gasteiger partial charge in [0, 0.05) is 11.1 Å². The van der Waals surface area contributed by atoms with Crippen molar-refractivity contribution in [2.24, 2.45) is 17.2 Å². The number of aromatic carboxylic acids is 1. The molecule has 0 aliphatic carbocycles. The molecule has 282 valence electrons. The summed E-state index contributed by atoms with van der Waals surface area (Å²) in [6.45, 7) is 10.4. The van der Waals surface area contributed by atoms with Gasteiger partial charge in [0.15, 0.2) is 0 Å². The lowest BCUT2D eigenvalue weighted by atomic mass is 9.79. The molecule has 0 bridgehead atoms. The number of hydrogen-bond acceptors (Lipinski definition) is 9. The lowest BCUT2D eigenvalue weighted by Crippen LogP contribution is -2.42. The molecule has 0 saturated heterocycles. The van der Waals surface area contributed by atoms with Crippen LogP contribution in [0.3, 0.4) is 0 Å². The average molecular weight is 753 g/mol. The second-order valence-corrected chi connectivity index (χ2v) is 13.7. The highest BCUT2D eigenvalue weighted by atomic mass is 35.5. The molecule has 2 aliphatic rings. The Morgan fingerprint density at radius 1 is 0.774 bits per heavy atom. The molecule has 2 aliphatic heterocycles. The Balaban J connectivity index is 0.000000230. The van der Waals surface area contributed by atoms with Crippen LogP contribution in [0.25, 0.3) is 0 Å². The van der Waals surface area contributed by atoms with Gasteiger partial charge in [-0.1, -0.05) is 107 Å². The Morgan fingerprint density at radius 3 is 1.66 bits per heavy atom. The van der Waals surface area contributed by atoms with E-state index in [0.717, 1.165) is 11.6 Å². The zero-order valence-electron chi connectivity index (χ0n) is 30.1. The van der Waals surface area contributed by atoms with E-state index in [1.165, 1.54) is 23.8 Å². The summed E-state index contributed by atoms with van der Waals surface area (Å²) in [5.41, 5.74) is 11.4. The number of rotatable bonds is 8. The Hall–Kier alpha value is -4.18. The minimum Gasteiger partial charge on any atom is -0.478 e. The van der Waals surface area contributed by atoms with Crippen LogP contribution in [0.2, 0.25) is 0 Å². The molecule has 2 heterocycles. The van der Waals surface area contributed by atoms with Gasteiger partial charge in [-0.05, 0) is 45.5 Å². The van der Waals surface area contributed by atoms with Gasteiger partial charge in [-0.15, -0.1) is 12.4 Å². The number of halogens is 3. The topological polar surface area (TPSA) is 175 Å². The van der Waals surface area contributed by atoms with E-state index in [0.29, 0.717) is 10.9 Å². The summed E-state index contributed by atoms with van der Waals surface area (Å²) in [6.07, 6.45) is 0. The molecule has 0 aromatic heterocycles. The van der Waals surface area contributed by atoms with Crippen LogP contribution in [0.5, 0.6) is 0 Å². The van der Waals surface area contributed by atoms with Crippen LogP contribution in [0.15, 0.2) is 84.9 Å². The Labute approximate surface area is 314 Å². The first-order chi connectivity index (χ1) is 24.6. The van der Waals surface area contributed by atoms with E-state index in [2.05, 4.69) is 49.2 Å². The fraction of sp³-hybridized carbons (Fsp3) is 0.297. The summed E-state index contributed by atoms with van der Waals surface area (Å²) in [4.78, 5) is 22.9. The first-order valence-corrected chi connectivity index (χ1v) is 16.7. The number of carbonyl (C=O) groups is 2. The van der Waals surface area contributed by atoms with Gasteiger partial charge < -0.3 is 24.5 Å². The van der Waals surface area contributed by atoms with Crippen molar-refractivity contribution in [2.75, 3.05) is 0 Å². The van der Waals surface area contributed by atoms with Gasteiger partial charge in [-0.3, -0.25) is 21.5 Å². The maximum atomic E-state index is 14.5. The SMILES string of the molecule is CC(C)(C)C(NN)c1ccccc1.CC(C)C(NNC(=O)c1ccc2c(c1F)COB2O)c1ccccc1.Cl.O=C(O)c1ccc2c(c1F)COB2O. The quantitative estimate of drug-likeness (QED) is 0.0790. The third kappa shape index (κ3) is 10.7. The van der Waals surface area contributed by atoms with Crippen molar-refractivity contribution >= 4 is 49.4 Å². The molecule has 0 fully saturated rings. The van der Waals surface area contributed by atoms with E-state index in [1.54, 1.807) is 0 Å². The Bertz CT molecular complexity index is 1840. The van der Waals surface area contributed by atoms with Gasteiger partial charge in [0.2, 0.25) is 0 Å². The zero-order valence-corrected chi connectivity index (χ0v) is 30.9. The molecule has 0 spiro atoms. The number of carboxylic acids is 1. The van der Waals surface area contributed by atoms with Crippen molar-refractivity contribution < 1.29 is 42.8 Å². The predicted octanol–water partition coefficient (Wildman–Crippen LogP) is 4.08. The average Bonchev–Trinajstić information content (AvgIpc) is 3.68. The number of hydrazine groups is 2. The highest BCUT2D eigenvalue weighted by Crippen LogP contribution is 2.31. The number of carbonyl (C=O) groups excluding carboxylic acids is 1. The molecule has 53 heavy (non-hydrogen) atoms. The molecule has 16 heteroatoms. The van der Waals surface area contributed by atoms with Gasteiger partial charge in [0.05, 0.1) is 36.4 Å². The lowest BCUT2D eigenvalue weighted by Gasteiger charge is -2.30. The maximum Gasteiger partial charge on any atom is 0.491 e. The monoisotopic (exact) mass is 752 g/mol. The third-order valence-electron chi connectivity index (χ3n) is 8.67. The molecule has 4 aromatic carbocycles. The summed E-state index contributed by atoms with van der Waals surface area (Å²) in [7, 11) is -2.29. The van der Waals surface area contributed by atoms with Gasteiger partial charge in [-0.2, -0.15) is 0 Å². The van der Waals surface area contributed by atoms with Crippen molar-refractivity contribution in [1.29, 1.82) is 0 Å². The summed E-state index contributed by atoms with van der Waals surface area (Å²) in [6, 6.07) is 25.4. The van der Waals surface area contributed by atoms with E-state index < -0.39 is 43.3 Å². The molecule has 0 radical (unpaired) electrons. The van der Waals surface area contributed by atoms with Gasteiger partial charge in [-0.25, -0.2) is 19.0 Å². The normalized spacial score (nSPS) is 14.1. The molecule has 6 rings (SSSR count). The first kappa shape index (κ1) is 43.2. The van der Waals surface area contributed by atoms with Crippen LogP contribution < -0.4 is 33.0 Å². The minimum absolute atomic E-state index is 0. The van der Waals surface area contributed by atoms with Crippen LogP contribution >= 0.6 is 12.4 Å². The summed E-state index contributed by atoms with van der Waals surface area (Å²) < 4.78 is 37.7. The van der Waals surface area contributed by atoms with Crippen LogP contribution in [0, 0.1) is 23.0 Å². The predicted molar refractivity (Wildman–Crippen MR) is 202 cm³/mol. The van der Waals surface area contributed by atoms with Gasteiger partial charge in [0.1, 0.15) is 11.6 Å². The van der Waals surface area contributed by atoms with E-state index >= 15 is 0 Å². The number of fused-ring (bicyclic) bond motifs is 2. The second kappa shape index (κ2) is 19.2. The van der Waals surface area contributed by atoms with Crippen LogP contribution in [-0.2, 0) is 22.5 Å². The molecule has 0 saturated carbocycles. The number of carboxylic acid groups (broad SMARTS) is 1. The van der Waals surface area contributed by atoms with E-state index in [-0.39, 0.29) is 65.7 Å². The number of amides is 1. The number of nitrogens with two attached hydrogens (primary N) is 1. The maximum absolute atomic E-state index is 14.5. The summed E-state index contributed by atoms with van der Waals surface area (Å²) in [5, 5.41) is 27.4. The minimum atomic E-state index is -1.33. The molecule has 2 atom stereocenters. The van der Waals surface area contributed by atoms with Crippen molar-refractivity contribution in [3.8, 4) is 0 Å². The lowest BCUT2D eigenvalue weighted by molar-refractivity contribution is 0.0691. The Kier molecular flexibility index (Phi) is 15.7.